The maximum absolute atomic E-state index is 12.4. The molecule has 0 spiro atoms. The van der Waals surface area contributed by atoms with E-state index < -0.39 is 0 Å². The Balaban J connectivity index is 1.63. The van der Waals surface area contributed by atoms with Crippen LogP contribution in [0.4, 0.5) is 5.69 Å². The van der Waals surface area contributed by atoms with Crippen LogP contribution in [0.3, 0.4) is 0 Å². The van der Waals surface area contributed by atoms with Crippen LogP contribution >= 0.6 is 11.8 Å². The molecule has 2 saturated heterocycles. The number of anilines is 1. The summed E-state index contributed by atoms with van der Waals surface area (Å²) in [5.41, 5.74) is 1.50. The van der Waals surface area contributed by atoms with Gasteiger partial charge in [-0.25, -0.2) is 0 Å². The van der Waals surface area contributed by atoms with Gasteiger partial charge in [-0.2, -0.15) is 0 Å². The van der Waals surface area contributed by atoms with Crippen molar-refractivity contribution < 1.29 is 14.4 Å². The summed E-state index contributed by atoms with van der Waals surface area (Å²) in [5, 5.41) is 0.0886. The summed E-state index contributed by atoms with van der Waals surface area (Å²) >= 11 is 1.28. The molecule has 1 unspecified atom stereocenters. The second kappa shape index (κ2) is 7.38. The van der Waals surface area contributed by atoms with Gasteiger partial charge in [-0.1, -0.05) is 11.8 Å². The summed E-state index contributed by atoms with van der Waals surface area (Å²) in [6.45, 7) is 3.86. The van der Waals surface area contributed by atoms with Gasteiger partial charge in [-0.05, 0) is 43.0 Å². The first-order valence-corrected chi connectivity index (χ1v) is 9.36. The maximum Gasteiger partial charge on any atom is 0.253 e. The van der Waals surface area contributed by atoms with Crippen molar-refractivity contribution in [2.45, 2.75) is 26.2 Å². The van der Waals surface area contributed by atoms with Gasteiger partial charge in [0.15, 0.2) is 5.12 Å². The van der Waals surface area contributed by atoms with E-state index in [1.165, 1.54) is 11.8 Å². The monoisotopic (exact) mass is 346 g/mol. The topological polar surface area (TPSA) is 57.7 Å². The van der Waals surface area contributed by atoms with Crippen molar-refractivity contribution >= 4 is 34.4 Å². The average molecular weight is 346 g/mol. The lowest BCUT2D eigenvalue weighted by Crippen LogP contribution is -2.28. The Morgan fingerprint density at radius 3 is 2.46 bits per heavy atom. The Morgan fingerprint density at radius 2 is 1.83 bits per heavy atom. The van der Waals surface area contributed by atoms with Crippen LogP contribution in [0.1, 0.15) is 36.5 Å². The molecule has 128 valence electrons. The third-order valence-corrected chi connectivity index (χ3v) is 5.59. The Hall–Kier alpha value is -1.82. The lowest BCUT2D eigenvalue weighted by atomic mass is 10.1. The highest BCUT2D eigenvalue weighted by atomic mass is 32.2. The van der Waals surface area contributed by atoms with Crippen LogP contribution in [-0.4, -0.2) is 47.2 Å². The molecule has 2 aliphatic heterocycles. The summed E-state index contributed by atoms with van der Waals surface area (Å²) in [6, 6.07) is 7.31. The predicted octanol–water partition coefficient (Wildman–Crippen LogP) is 2.56. The molecule has 2 amide bonds. The van der Waals surface area contributed by atoms with Gasteiger partial charge in [0.25, 0.3) is 5.91 Å². The molecule has 6 heteroatoms. The van der Waals surface area contributed by atoms with Crippen molar-refractivity contribution in [2.24, 2.45) is 5.92 Å². The van der Waals surface area contributed by atoms with Crippen LogP contribution in [0.25, 0.3) is 0 Å². The second-order valence-corrected chi connectivity index (χ2v) is 7.62. The summed E-state index contributed by atoms with van der Waals surface area (Å²) < 4.78 is 0. The van der Waals surface area contributed by atoms with E-state index >= 15 is 0 Å². The highest BCUT2D eigenvalue weighted by molar-refractivity contribution is 8.13. The fourth-order valence-electron chi connectivity index (χ4n) is 3.26. The molecule has 0 N–H and O–H groups in total. The predicted molar refractivity (Wildman–Crippen MR) is 95.2 cm³/mol. The van der Waals surface area contributed by atoms with Crippen LogP contribution in [0.15, 0.2) is 24.3 Å². The van der Waals surface area contributed by atoms with E-state index in [4.69, 9.17) is 0 Å². The van der Waals surface area contributed by atoms with Crippen molar-refractivity contribution in [3.05, 3.63) is 29.8 Å². The number of carbonyl (C=O) groups is 3. The van der Waals surface area contributed by atoms with Crippen molar-refractivity contribution in [2.75, 3.05) is 30.3 Å². The third-order valence-electron chi connectivity index (χ3n) is 4.55. The molecule has 0 bridgehead atoms. The molecular weight excluding hydrogens is 324 g/mol. The minimum Gasteiger partial charge on any atom is -0.339 e. The molecule has 0 saturated carbocycles. The molecule has 3 rings (SSSR count). The van der Waals surface area contributed by atoms with Crippen molar-refractivity contribution in [3.8, 4) is 0 Å². The number of rotatable bonds is 4. The van der Waals surface area contributed by atoms with Gasteiger partial charge in [-0.15, -0.1) is 0 Å². The highest BCUT2D eigenvalue weighted by Crippen LogP contribution is 2.28. The van der Waals surface area contributed by atoms with Crippen molar-refractivity contribution in [1.29, 1.82) is 0 Å². The number of likely N-dealkylation sites (tertiary alicyclic amines) is 1. The zero-order valence-electron chi connectivity index (χ0n) is 13.9. The first-order chi connectivity index (χ1) is 11.5. The number of thioether (sulfide) groups is 1. The van der Waals surface area contributed by atoms with Gasteiger partial charge in [0.05, 0.1) is 0 Å². The fraction of sp³-hybridized carbons (Fsp3) is 0.500. The quantitative estimate of drug-likeness (QED) is 0.841. The SMILES string of the molecule is CC(=O)SCC1CC(=O)N(c2ccc(C(=O)N3CCCC3)cc2)C1. The largest absolute Gasteiger partial charge is 0.339 e. The van der Waals surface area contributed by atoms with E-state index in [1.54, 1.807) is 24.0 Å². The maximum atomic E-state index is 12.4. The number of benzene rings is 1. The highest BCUT2D eigenvalue weighted by Gasteiger charge is 2.31. The second-order valence-electron chi connectivity index (χ2n) is 6.42. The zero-order chi connectivity index (χ0) is 17.1. The van der Waals surface area contributed by atoms with Crippen molar-refractivity contribution in [3.63, 3.8) is 0 Å². The van der Waals surface area contributed by atoms with Crippen molar-refractivity contribution in [1.82, 2.24) is 4.90 Å². The van der Waals surface area contributed by atoms with Crippen LogP contribution in [0.5, 0.6) is 0 Å². The minimum absolute atomic E-state index is 0.0718. The average Bonchev–Trinajstić information content (AvgIpc) is 3.22. The number of amides is 2. The van der Waals surface area contributed by atoms with E-state index in [0.29, 0.717) is 24.3 Å². The fourth-order valence-corrected chi connectivity index (χ4v) is 3.96. The first kappa shape index (κ1) is 17.0. The molecule has 2 fully saturated rings. The lowest BCUT2D eigenvalue weighted by molar-refractivity contribution is -0.117. The lowest BCUT2D eigenvalue weighted by Gasteiger charge is -2.18. The van der Waals surface area contributed by atoms with Gasteiger partial charge in [0, 0.05) is 50.0 Å². The normalized spacial score (nSPS) is 20.7. The smallest absolute Gasteiger partial charge is 0.253 e. The first-order valence-electron chi connectivity index (χ1n) is 8.37. The van der Waals surface area contributed by atoms with E-state index in [-0.39, 0.29) is 22.8 Å². The van der Waals surface area contributed by atoms with Crippen LogP contribution in [0, 0.1) is 5.92 Å². The standard InChI is InChI=1S/C18H22N2O3S/c1-13(21)24-12-14-10-17(22)20(11-14)16-6-4-15(5-7-16)18(23)19-8-2-3-9-19/h4-7,14H,2-3,8-12H2,1H3. The van der Waals surface area contributed by atoms with Crippen LogP contribution in [-0.2, 0) is 9.59 Å². The Morgan fingerprint density at radius 1 is 1.17 bits per heavy atom. The summed E-state index contributed by atoms with van der Waals surface area (Å²) in [7, 11) is 0. The summed E-state index contributed by atoms with van der Waals surface area (Å²) in [6.07, 6.45) is 2.63. The molecule has 1 aromatic carbocycles. The Kier molecular flexibility index (Phi) is 5.23. The molecule has 5 nitrogen and oxygen atoms in total. The Labute approximate surface area is 146 Å². The molecule has 0 radical (unpaired) electrons. The number of hydrogen-bond donors (Lipinski definition) is 0. The molecule has 24 heavy (non-hydrogen) atoms. The number of hydrogen-bond acceptors (Lipinski definition) is 4. The summed E-state index contributed by atoms with van der Waals surface area (Å²) in [5.74, 6) is 1.05. The minimum atomic E-state index is 0.0718. The molecule has 0 aliphatic carbocycles. The van der Waals surface area contributed by atoms with Gasteiger partial charge in [-0.3, -0.25) is 14.4 Å². The zero-order valence-corrected chi connectivity index (χ0v) is 14.7. The van der Waals surface area contributed by atoms with E-state index in [1.807, 2.05) is 17.0 Å². The summed E-state index contributed by atoms with van der Waals surface area (Å²) in [4.78, 5) is 39.3. The number of nitrogens with zero attached hydrogens (tertiary/aromatic N) is 2. The van der Waals surface area contributed by atoms with Gasteiger partial charge in [0.1, 0.15) is 0 Å². The van der Waals surface area contributed by atoms with Crippen LogP contribution in [0.2, 0.25) is 0 Å². The van der Waals surface area contributed by atoms with Gasteiger partial charge >= 0.3 is 0 Å². The van der Waals surface area contributed by atoms with Gasteiger partial charge in [0.2, 0.25) is 5.91 Å². The van der Waals surface area contributed by atoms with E-state index in [0.717, 1.165) is 31.6 Å². The molecule has 1 aromatic rings. The number of carbonyl (C=O) groups excluding carboxylic acids is 3. The molecule has 2 aliphatic rings. The molecule has 0 aromatic heterocycles. The van der Waals surface area contributed by atoms with Crippen LogP contribution < -0.4 is 4.90 Å². The van der Waals surface area contributed by atoms with E-state index in [9.17, 15) is 14.4 Å². The third kappa shape index (κ3) is 3.80. The molecule has 2 heterocycles. The molecule has 1 atom stereocenters. The van der Waals surface area contributed by atoms with Gasteiger partial charge < -0.3 is 9.80 Å². The Bertz CT molecular complexity index is 638. The van der Waals surface area contributed by atoms with E-state index in [2.05, 4.69) is 0 Å². The molecular formula is C18H22N2O3S.